The maximum absolute atomic E-state index is 10.7. The Morgan fingerprint density at radius 2 is 2.38 bits per heavy atom. The van der Waals surface area contributed by atoms with Gasteiger partial charge in [-0.1, -0.05) is 0 Å². The Kier molecular flexibility index (Phi) is 3.98. The number of anilines is 1. The maximum atomic E-state index is 10.7. The molecule has 0 unspecified atom stereocenters. The summed E-state index contributed by atoms with van der Waals surface area (Å²) < 4.78 is 0. The SMILES string of the molecule is O=c1nccc(NCCCCO)[nH]1. The number of hydrogen-bond acceptors (Lipinski definition) is 4. The molecule has 0 radical (unpaired) electrons. The Bertz CT molecular complexity index is 297. The molecule has 1 aromatic heterocycles. The van der Waals surface area contributed by atoms with E-state index in [1.165, 1.54) is 6.20 Å². The number of aromatic amines is 1. The summed E-state index contributed by atoms with van der Waals surface area (Å²) in [5.74, 6) is 0.665. The summed E-state index contributed by atoms with van der Waals surface area (Å²) in [6, 6.07) is 1.69. The zero-order valence-corrected chi connectivity index (χ0v) is 7.29. The van der Waals surface area contributed by atoms with Gasteiger partial charge in [0.15, 0.2) is 0 Å². The maximum Gasteiger partial charge on any atom is 0.346 e. The molecule has 0 atom stereocenters. The molecule has 5 nitrogen and oxygen atoms in total. The summed E-state index contributed by atoms with van der Waals surface area (Å²) in [6.07, 6.45) is 3.09. The minimum atomic E-state index is -0.354. The van der Waals surface area contributed by atoms with Crippen LogP contribution in [-0.4, -0.2) is 28.2 Å². The van der Waals surface area contributed by atoms with E-state index in [4.69, 9.17) is 5.11 Å². The molecule has 1 rings (SSSR count). The number of nitrogens with zero attached hydrogens (tertiary/aromatic N) is 1. The van der Waals surface area contributed by atoms with Crippen molar-refractivity contribution >= 4 is 5.82 Å². The summed E-state index contributed by atoms with van der Waals surface area (Å²) in [5.41, 5.74) is -0.354. The number of rotatable bonds is 5. The predicted molar refractivity (Wildman–Crippen MR) is 49.7 cm³/mol. The highest BCUT2D eigenvalue weighted by Gasteiger charge is 1.91. The van der Waals surface area contributed by atoms with Crippen LogP contribution in [0.15, 0.2) is 17.1 Å². The summed E-state index contributed by atoms with van der Waals surface area (Å²) in [5, 5.41) is 11.5. The molecule has 72 valence electrons. The van der Waals surface area contributed by atoms with Crippen LogP contribution >= 0.6 is 0 Å². The smallest absolute Gasteiger partial charge is 0.346 e. The fourth-order valence-electron chi connectivity index (χ4n) is 0.932. The number of unbranched alkanes of at least 4 members (excludes halogenated alkanes) is 1. The fourth-order valence-corrected chi connectivity index (χ4v) is 0.932. The first-order valence-corrected chi connectivity index (χ1v) is 4.23. The molecule has 5 heteroatoms. The highest BCUT2D eigenvalue weighted by molar-refractivity contribution is 5.31. The van der Waals surface area contributed by atoms with E-state index in [9.17, 15) is 4.79 Å². The number of aliphatic hydroxyl groups excluding tert-OH is 1. The van der Waals surface area contributed by atoms with Crippen molar-refractivity contribution in [3.8, 4) is 0 Å². The van der Waals surface area contributed by atoms with Crippen LogP contribution in [0.3, 0.4) is 0 Å². The van der Waals surface area contributed by atoms with E-state index in [-0.39, 0.29) is 12.3 Å². The first kappa shape index (κ1) is 9.73. The molecule has 0 saturated carbocycles. The first-order valence-electron chi connectivity index (χ1n) is 4.23. The largest absolute Gasteiger partial charge is 0.396 e. The van der Waals surface area contributed by atoms with Crippen LogP contribution in [0.25, 0.3) is 0 Å². The lowest BCUT2D eigenvalue weighted by Gasteiger charge is -2.03. The molecule has 1 aromatic rings. The van der Waals surface area contributed by atoms with Crippen LogP contribution in [-0.2, 0) is 0 Å². The van der Waals surface area contributed by atoms with E-state index in [0.717, 1.165) is 19.4 Å². The Morgan fingerprint density at radius 3 is 3.08 bits per heavy atom. The molecule has 0 bridgehead atoms. The number of aromatic nitrogens is 2. The second kappa shape index (κ2) is 5.31. The minimum absolute atomic E-state index is 0.203. The van der Waals surface area contributed by atoms with E-state index in [2.05, 4.69) is 15.3 Å². The third-order valence-electron chi connectivity index (χ3n) is 1.57. The van der Waals surface area contributed by atoms with E-state index >= 15 is 0 Å². The standard InChI is InChI=1S/C8H13N3O2/c12-6-2-1-4-9-7-3-5-10-8(13)11-7/h3,5,12H,1-2,4,6H2,(H2,9,10,11,13). The third kappa shape index (κ3) is 3.71. The molecule has 0 aromatic carbocycles. The van der Waals surface area contributed by atoms with Gasteiger partial charge < -0.3 is 10.4 Å². The van der Waals surface area contributed by atoms with Crippen molar-refractivity contribution in [2.45, 2.75) is 12.8 Å². The van der Waals surface area contributed by atoms with Crippen molar-refractivity contribution in [2.75, 3.05) is 18.5 Å². The molecule has 0 aliphatic rings. The molecule has 0 aliphatic heterocycles. The Balaban J connectivity index is 2.33. The van der Waals surface area contributed by atoms with Crippen LogP contribution in [0.4, 0.5) is 5.82 Å². The second-order valence-corrected chi connectivity index (χ2v) is 2.65. The van der Waals surface area contributed by atoms with Crippen molar-refractivity contribution in [3.05, 3.63) is 22.7 Å². The van der Waals surface area contributed by atoms with Crippen LogP contribution < -0.4 is 11.0 Å². The summed E-state index contributed by atoms with van der Waals surface area (Å²) in [7, 11) is 0. The summed E-state index contributed by atoms with van der Waals surface area (Å²) in [4.78, 5) is 16.8. The molecular formula is C8H13N3O2. The topological polar surface area (TPSA) is 78.0 Å². The van der Waals surface area contributed by atoms with Crippen molar-refractivity contribution in [2.24, 2.45) is 0 Å². The average molecular weight is 183 g/mol. The van der Waals surface area contributed by atoms with Crippen molar-refractivity contribution in [3.63, 3.8) is 0 Å². The van der Waals surface area contributed by atoms with Gasteiger partial charge in [0.05, 0.1) is 0 Å². The fraction of sp³-hybridized carbons (Fsp3) is 0.500. The zero-order valence-electron chi connectivity index (χ0n) is 7.29. The Labute approximate surface area is 75.8 Å². The lowest BCUT2D eigenvalue weighted by atomic mass is 10.3. The molecule has 0 amide bonds. The van der Waals surface area contributed by atoms with Crippen LogP contribution in [0.1, 0.15) is 12.8 Å². The third-order valence-corrected chi connectivity index (χ3v) is 1.57. The van der Waals surface area contributed by atoms with Crippen molar-refractivity contribution in [1.29, 1.82) is 0 Å². The number of H-pyrrole nitrogens is 1. The molecule has 13 heavy (non-hydrogen) atoms. The van der Waals surface area contributed by atoms with Gasteiger partial charge in [-0.25, -0.2) is 9.78 Å². The van der Waals surface area contributed by atoms with Crippen LogP contribution in [0.5, 0.6) is 0 Å². The number of nitrogens with one attached hydrogen (secondary N) is 2. The molecule has 3 N–H and O–H groups in total. The van der Waals surface area contributed by atoms with Crippen LogP contribution in [0, 0.1) is 0 Å². The minimum Gasteiger partial charge on any atom is -0.396 e. The molecular weight excluding hydrogens is 170 g/mol. The van der Waals surface area contributed by atoms with E-state index in [0.29, 0.717) is 5.82 Å². The molecule has 0 fully saturated rings. The van der Waals surface area contributed by atoms with Crippen molar-refractivity contribution in [1.82, 2.24) is 9.97 Å². The van der Waals surface area contributed by atoms with Gasteiger partial charge in [0, 0.05) is 19.3 Å². The van der Waals surface area contributed by atoms with E-state index in [1.807, 2.05) is 0 Å². The Hall–Kier alpha value is -1.36. The number of aliphatic hydroxyl groups is 1. The molecule has 1 heterocycles. The highest BCUT2D eigenvalue weighted by atomic mass is 16.2. The monoisotopic (exact) mass is 183 g/mol. The molecule has 0 saturated heterocycles. The van der Waals surface area contributed by atoms with Gasteiger partial charge >= 0.3 is 5.69 Å². The first-order chi connectivity index (χ1) is 6.33. The van der Waals surface area contributed by atoms with Gasteiger partial charge in [-0.15, -0.1) is 0 Å². The van der Waals surface area contributed by atoms with Gasteiger partial charge in [-0.05, 0) is 18.9 Å². The van der Waals surface area contributed by atoms with Crippen molar-refractivity contribution < 1.29 is 5.11 Å². The van der Waals surface area contributed by atoms with Crippen LogP contribution in [0.2, 0.25) is 0 Å². The average Bonchev–Trinajstić information content (AvgIpc) is 2.13. The lowest BCUT2D eigenvalue weighted by Crippen LogP contribution is -2.13. The van der Waals surface area contributed by atoms with Gasteiger partial charge in [-0.2, -0.15) is 0 Å². The van der Waals surface area contributed by atoms with Gasteiger partial charge in [0.25, 0.3) is 0 Å². The summed E-state index contributed by atoms with van der Waals surface area (Å²) >= 11 is 0. The quantitative estimate of drug-likeness (QED) is 0.559. The lowest BCUT2D eigenvalue weighted by molar-refractivity contribution is 0.286. The highest BCUT2D eigenvalue weighted by Crippen LogP contribution is 1.96. The summed E-state index contributed by atoms with van der Waals surface area (Å²) in [6.45, 7) is 0.940. The Morgan fingerprint density at radius 1 is 1.54 bits per heavy atom. The number of hydrogen-bond donors (Lipinski definition) is 3. The normalized spacial score (nSPS) is 9.92. The molecule has 0 aliphatic carbocycles. The van der Waals surface area contributed by atoms with E-state index in [1.54, 1.807) is 6.07 Å². The second-order valence-electron chi connectivity index (χ2n) is 2.65. The van der Waals surface area contributed by atoms with Gasteiger partial charge in [0.2, 0.25) is 0 Å². The molecule has 0 spiro atoms. The zero-order chi connectivity index (χ0) is 9.52. The van der Waals surface area contributed by atoms with E-state index < -0.39 is 0 Å². The van der Waals surface area contributed by atoms with Gasteiger partial charge in [-0.3, -0.25) is 4.98 Å². The van der Waals surface area contributed by atoms with Gasteiger partial charge in [0.1, 0.15) is 5.82 Å². The predicted octanol–water partition coefficient (Wildman–Crippen LogP) is -0.0457.